The van der Waals surface area contributed by atoms with Gasteiger partial charge in [-0.05, 0) is 24.0 Å². The minimum atomic E-state index is 0.149. The standard InChI is InChI=1S/C16H24N2O/c1-3-15(11-17-16(19)4-2)18-10-9-13-7-5-6-8-14(13)12-18/h5-8,15H,3-4,9-12H2,1-2H3,(H,17,19). The van der Waals surface area contributed by atoms with E-state index in [2.05, 4.69) is 41.4 Å². The Morgan fingerprint density at radius 2 is 2.05 bits per heavy atom. The average Bonchev–Trinajstić information content (AvgIpc) is 2.47. The second-order valence-corrected chi connectivity index (χ2v) is 5.21. The second-order valence-electron chi connectivity index (χ2n) is 5.21. The molecule has 0 bridgehead atoms. The Morgan fingerprint density at radius 3 is 2.74 bits per heavy atom. The van der Waals surface area contributed by atoms with E-state index in [-0.39, 0.29) is 5.91 Å². The zero-order valence-corrected chi connectivity index (χ0v) is 12.0. The first-order chi connectivity index (χ1) is 9.24. The molecule has 1 atom stereocenters. The van der Waals surface area contributed by atoms with Crippen LogP contribution in [0.5, 0.6) is 0 Å². The lowest BCUT2D eigenvalue weighted by Gasteiger charge is -2.35. The molecule has 2 rings (SSSR count). The first-order valence-electron chi connectivity index (χ1n) is 7.32. The lowest BCUT2D eigenvalue weighted by atomic mass is 9.98. The van der Waals surface area contributed by atoms with E-state index in [0.717, 1.165) is 32.5 Å². The molecule has 1 aliphatic heterocycles. The lowest BCUT2D eigenvalue weighted by molar-refractivity contribution is -0.121. The number of carbonyl (C=O) groups excluding carboxylic acids is 1. The quantitative estimate of drug-likeness (QED) is 0.881. The van der Waals surface area contributed by atoms with E-state index in [1.54, 1.807) is 0 Å². The molecule has 1 N–H and O–H groups in total. The number of hydrogen-bond acceptors (Lipinski definition) is 2. The Balaban J connectivity index is 1.96. The summed E-state index contributed by atoms with van der Waals surface area (Å²) in [5, 5.41) is 3.02. The molecular formula is C16H24N2O. The zero-order chi connectivity index (χ0) is 13.7. The number of benzene rings is 1. The number of nitrogens with one attached hydrogen (secondary N) is 1. The maximum Gasteiger partial charge on any atom is 0.219 e. The molecule has 0 aliphatic carbocycles. The van der Waals surface area contributed by atoms with Gasteiger partial charge < -0.3 is 5.32 Å². The summed E-state index contributed by atoms with van der Waals surface area (Å²) in [6, 6.07) is 9.13. The third-order valence-corrected chi connectivity index (χ3v) is 4.00. The topological polar surface area (TPSA) is 32.3 Å². The van der Waals surface area contributed by atoms with E-state index in [4.69, 9.17) is 0 Å². The molecule has 3 nitrogen and oxygen atoms in total. The van der Waals surface area contributed by atoms with Crippen LogP contribution in [-0.2, 0) is 17.8 Å². The minimum Gasteiger partial charge on any atom is -0.355 e. The Hall–Kier alpha value is -1.35. The Labute approximate surface area is 116 Å². The smallest absolute Gasteiger partial charge is 0.219 e. The molecule has 1 amide bonds. The fraction of sp³-hybridized carbons (Fsp3) is 0.562. The summed E-state index contributed by atoms with van der Waals surface area (Å²) < 4.78 is 0. The van der Waals surface area contributed by atoms with Crippen molar-refractivity contribution in [1.82, 2.24) is 10.2 Å². The monoisotopic (exact) mass is 260 g/mol. The molecule has 19 heavy (non-hydrogen) atoms. The van der Waals surface area contributed by atoms with Crippen LogP contribution in [0.15, 0.2) is 24.3 Å². The molecule has 0 aromatic heterocycles. The van der Waals surface area contributed by atoms with Crippen LogP contribution in [0.25, 0.3) is 0 Å². The molecular weight excluding hydrogens is 236 g/mol. The third kappa shape index (κ3) is 3.57. The van der Waals surface area contributed by atoms with Gasteiger partial charge in [0.25, 0.3) is 0 Å². The normalized spacial score (nSPS) is 16.7. The fourth-order valence-electron chi connectivity index (χ4n) is 2.72. The van der Waals surface area contributed by atoms with Crippen LogP contribution in [0.4, 0.5) is 0 Å². The van der Waals surface area contributed by atoms with Crippen LogP contribution in [0.2, 0.25) is 0 Å². The van der Waals surface area contributed by atoms with E-state index < -0.39 is 0 Å². The van der Waals surface area contributed by atoms with E-state index in [9.17, 15) is 4.79 Å². The van der Waals surface area contributed by atoms with Crippen molar-refractivity contribution in [2.24, 2.45) is 0 Å². The van der Waals surface area contributed by atoms with Gasteiger partial charge in [0.1, 0.15) is 0 Å². The van der Waals surface area contributed by atoms with Gasteiger partial charge in [0.05, 0.1) is 0 Å². The van der Waals surface area contributed by atoms with Crippen LogP contribution in [-0.4, -0.2) is 29.9 Å². The largest absolute Gasteiger partial charge is 0.355 e. The van der Waals surface area contributed by atoms with Crippen LogP contribution in [0.3, 0.4) is 0 Å². The first kappa shape index (κ1) is 14.1. The highest BCUT2D eigenvalue weighted by Crippen LogP contribution is 2.21. The van der Waals surface area contributed by atoms with Gasteiger partial charge in [-0.3, -0.25) is 9.69 Å². The predicted molar refractivity (Wildman–Crippen MR) is 77.9 cm³/mol. The Kier molecular flexibility index (Phi) is 4.97. The lowest BCUT2D eigenvalue weighted by Crippen LogP contribution is -2.45. The fourth-order valence-corrected chi connectivity index (χ4v) is 2.72. The first-order valence-corrected chi connectivity index (χ1v) is 7.32. The van der Waals surface area contributed by atoms with Gasteiger partial charge in [0.2, 0.25) is 5.91 Å². The number of amides is 1. The Bertz CT molecular complexity index is 431. The summed E-state index contributed by atoms with van der Waals surface area (Å²) in [5.74, 6) is 0.149. The predicted octanol–water partition coefficient (Wildman–Crippen LogP) is 2.35. The van der Waals surface area contributed by atoms with Crippen molar-refractivity contribution in [3.8, 4) is 0 Å². The Morgan fingerprint density at radius 1 is 1.32 bits per heavy atom. The van der Waals surface area contributed by atoms with E-state index >= 15 is 0 Å². The molecule has 104 valence electrons. The molecule has 0 radical (unpaired) electrons. The number of nitrogens with zero attached hydrogens (tertiary/aromatic N) is 1. The molecule has 0 saturated carbocycles. The van der Waals surface area contributed by atoms with Crippen molar-refractivity contribution in [2.45, 2.75) is 45.7 Å². The summed E-state index contributed by atoms with van der Waals surface area (Å²) in [4.78, 5) is 13.9. The summed E-state index contributed by atoms with van der Waals surface area (Å²) in [6.45, 7) is 6.97. The molecule has 1 aromatic rings. The number of carbonyl (C=O) groups is 1. The van der Waals surface area contributed by atoms with Crippen molar-refractivity contribution in [1.29, 1.82) is 0 Å². The van der Waals surface area contributed by atoms with Gasteiger partial charge in [0.15, 0.2) is 0 Å². The highest BCUT2D eigenvalue weighted by molar-refractivity contribution is 5.75. The average molecular weight is 260 g/mol. The molecule has 1 aromatic carbocycles. The maximum atomic E-state index is 11.4. The van der Waals surface area contributed by atoms with Gasteiger partial charge in [0, 0.05) is 32.1 Å². The third-order valence-electron chi connectivity index (χ3n) is 4.00. The molecule has 1 unspecified atom stereocenters. The van der Waals surface area contributed by atoms with E-state index in [0.29, 0.717) is 12.5 Å². The van der Waals surface area contributed by atoms with E-state index in [1.165, 1.54) is 11.1 Å². The van der Waals surface area contributed by atoms with Crippen LogP contribution < -0.4 is 5.32 Å². The number of rotatable bonds is 5. The van der Waals surface area contributed by atoms with Crippen molar-refractivity contribution in [3.05, 3.63) is 35.4 Å². The SMILES string of the molecule is CCC(=O)NCC(CC)N1CCc2ccccc2C1. The highest BCUT2D eigenvalue weighted by atomic mass is 16.1. The van der Waals surface area contributed by atoms with Crippen molar-refractivity contribution in [2.75, 3.05) is 13.1 Å². The van der Waals surface area contributed by atoms with Gasteiger partial charge in [-0.15, -0.1) is 0 Å². The van der Waals surface area contributed by atoms with Crippen LogP contribution >= 0.6 is 0 Å². The van der Waals surface area contributed by atoms with Gasteiger partial charge in [-0.2, -0.15) is 0 Å². The van der Waals surface area contributed by atoms with E-state index in [1.807, 2.05) is 6.92 Å². The summed E-state index contributed by atoms with van der Waals surface area (Å²) in [5.41, 5.74) is 2.92. The van der Waals surface area contributed by atoms with Crippen molar-refractivity contribution in [3.63, 3.8) is 0 Å². The molecule has 1 heterocycles. The molecule has 3 heteroatoms. The second kappa shape index (κ2) is 6.71. The van der Waals surface area contributed by atoms with Crippen molar-refractivity contribution < 1.29 is 4.79 Å². The van der Waals surface area contributed by atoms with Gasteiger partial charge >= 0.3 is 0 Å². The zero-order valence-electron chi connectivity index (χ0n) is 12.0. The molecule has 0 spiro atoms. The van der Waals surface area contributed by atoms with Crippen molar-refractivity contribution >= 4 is 5.91 Å². The number of fused-ring (bicyclic) bond motifs is 1. The molecule has 0 saturated heterocycles. The molecule has 1 aliphatic rings. The number of hydrogen-bond donors (Lipinski definition) is 1. The van der Waals surface area contributed by atoms with Crippen LogP contribution in [0, 0.1) is 0 Å². The van der Waals surface area contributed by atoms with Crippen LogP contribution in [0.1, 0.15) is 37.8 Å². The molecule has 0 fully saturated rings. The highest BCUT2D eigenvalue weighted by Gasteiger charge is 2.22. The van der Waals surface area contributed by atoms with Gasteiger partial charge in [-0.1, -0.05) is 38.1 Å². The maximum absolute atomic E-state index is 11.4. The minimum absolute atomic E-state index is 0.149. The summed E-state index contributed by atoms with van der Waals surface area (Å²) in [7, 11) is 0. The summed E-state index contributed by atoms with van der Waals surface area (Å²) >= 11 is 0. The summed E-state index contributed by atoms with van der Waals surface area (Å²) in [6.07, 6.45) is 2.76. The van der Waals surface area contributed by atoms with Gasteiger partial charge in [-0.25, -0.2) is 0 Å².